The van der Waals surface area contributed by atoms with E-state index in [1.165, 1.54) is 7.11 Å². The van der Waals surface area contributed by atoms with E-state index in [-0.39, 0.29) is 5.91 Å². The summed E-state index contributed by atoms with van der Waals surface area (Å²) in [7, 11) is 1.52. The molecule has 1 aromatic carbocycles. The Morgan fingerprint density at radius 3 is 2.72 bits per heavy atom. The Hall–Kier alpha value is -2.28. The molecule has 25 heavy (non-hydrogen) atoms. The van der Waals surface area contributed by atoms with Crippen LogP contribution in [0.5, 0.6) is 11.5 Å². The third kappa shape index (κ3) is 5.63. The minimum absolute atomic E-state index is 0.341. The van der Waals surface area contributed by atoms with E-state index < -0.39 is 12.0 Å². The van der Waals surface area contributed by atoms with Crippen molar-refractivity contribution in [2.45, 2.75) is 39.2 Å². The molecule has 1 atom stereocenters. The van der Waals surface area contributed by atoms with E-state index in [4.69, 9.17) is 14.2 Å². The van der Waals surface area contributed by atoms with Crippen LogP contribution >= 0.6 is 0 Å². The van der Waals surface area contributed by atoms with Gasteiger partial charge in [0.05, 0.1) is 13.7 Å². The van der Waals surface area contributed by atoms with Gasteiger partial charge in [0, 0.05) is 12.2 Å². The zero-order valence-electron chi connectivity index (χ0n) is 15.0. The smallest absolute Gasteiger partial charge is 0.269 e. The fourth-order valence-electron chi connectivity index (χ4n) is 2.39. The zero-order chi connectivity index (χ0) is 18.2. The van der Waals surface area contributed by atoms with Crippen molar-refractivity contribution in [2.75, 3.05) is 20.3 Å². The lowest BCUT2D eigenvalue weighted by Crippen LogP contribution is -2.46. The molecule has 1 saturated heterocycles. The minimum atomic E-state index is -0.494. The third-order valence-electron chi connectivity index (χ3n) is 3.90. The highest BCUT2D eigenvalue weighted by atomic mass is 16.5. The number of amides is 2. The summed E-state index contributed by atoms with van der Waals surface area (Å²) in [6, 6.07) is 4.90. The van der Waals surface area contributed by atoms with Crippen LogP contribution in [0.2, 0.25) is 0 Å². The summed E-state index contributed by atoms with van der Waals surface area (Å²) in [4.78, 5) is 24.0. The standard InChI is InChI=1S/C18H26N2O5/c1-12(2)8-10-25-14-7-6-13(11-16(14)23-3)17(21)19-20-18(22)15-5-4-9-24-15/h6-7,11-12,15H,4-5,8-10H2,1-3H3,(H,19,21)(H,20,22). The Labute approximate surface area is 148 Å². The lowest BCUT2D eigenvalue weighted by atomic mass is 10.1. The van der Waals surface area contributed by atoms with E-state index in [1.54, 1.807) is 18.2 Å². The molecular formula is C18H26N2O5. The zero-order valence-corrected chi connectivity index (χ0v) is 15.0. The first-order valence-corrected chi connectivity index (χ1v) is 8.54. The molecule has 0 aromatic heterocycles. The Balaban J connectivity index is 1.91. The Kier molecular flexibility index (Phi) is 7.06. The third-order valence-corrected chi connectivity index (χ3v) is 3.90. The second kappa shape index (κ2) is 9.27. The first kappa shape index (κ1) is 19.1. The predicted octanol–water partition coefficient (Wildman–Crippen LogP) is 2.06. The van der Waals surface area contributed by atoms with Crippen molar-refractivity contribution in [1.29, 1.82) is 0 Å². The first-order chi connectivity index (χ1) is 12.0. The van der Waals surface area contributed by atoms with Gasteiger partial charge in [-0.2, -0.15) is 0 Å². The van der Waals surface area contributed by atoms with Gasteiger partial charge in [-0.1, -0.05) is 13.8 Å². The number of hydrogen-bond acceptors (Lipinski definition) is 5. The number of nitrogens with one attached hydrogen (secondary N) is 2. The van der Waals surface area contributed by atoms with Crippen LogP contribution in [0.4, 0.5) is 0 Å². The molecule has 1 heterocycles. The Morgan fingerprint density at radius 2 is 2.08 bits per heavy atom. The number of carbonyl (C=O) groups excluding carboxylic acids is 2. The summed E-state index contributed by atoms with van der Waals surface area (Å²) in [6.45, 7) is 5.40. The van der Waals surface area contributed by atoms with E-state index in [9.17, 15) is 9.59 Å². The molecular weight excluding hydrogens is 324 g/mol. The largest absolute Gasteiger partial charge is 0.493 e. The summed E-state index contributed by atoms with van der Waals surface area (Å²) in [5, 5.41) is 0. The average Bonchev–Trinajstić information content (AvgIpc) is 3.14. The number of carbonyl (C=O) groups is 2. The summed E-state index contributed by atoms with van der Waals surface area (Å²) in [6.07, 6.45) is 1.95. The highest BCUT2D eigenvalue weighted by molar-refractivity contribution is 5.96. The maximum absolute atomic E-state index is 12.2. The van der Waals surface area contributed by atoms with Crippen LogP contribution < -0.4 is 20.3 Å². The van der Waals surface area contributed by atoms with Gasteiger partial charge in [0.2, 0.25) is 0 Å². The molecule has 0 spiro atoms. The van der Waals surface area contributed by atoms with Crippen LogP contribution in [0.25, 0.3) is 0 Å². The fourth-order valence-corrected chi connectivity index (χ4v) is 2.39. The van der Waals surface area contributed by atoms with E-state index in [0.717, 1.165) is 12.8 Å². The van der Waals surface area contributed by atoms with Gasteiger partial charge >= 0.3 is 0 Å². The van der Waals surface area contributed by atoms with Crippen molar-refractivity contribution in [3.8, 4) is 11.5 Å². The number of methoxy groups -OCH3 is 1. The van der Waals surface area contributed by atoms with Crippen LogP contribution in [-0.4, -0.2) is 38.2 Å². The monoisotopic (exact) mass is 350 g/mol. The molecule has 0 saturated carbocycles. The molecule has 1 unspecified atom stereocenters. The van der Waals surface area contributed by atoms with Crippen molar-refractivity contribution in [3.05, 3.63) is 23.8 Å². The lowest BCUT2D eigenvalue weighted by molar-refractivity contribution is -0.130. The molecule has 1 aliphatic heterocycles. The van der Waals surface area contributed by atoms with Crippen molar-refractivity contribution in [2.24, 2.45) is 5.92 Å². The molecule has 138 valence electrons. The molecule has 7 nitrogen and oxygen atoms in total. The maximum atomic E-state index is 12.2. The molecule has 0 bridgehead atoms. The number of hydrogen-bond donors (Lipinski definition) is 2. The van der Waals surface area contributed by atoms with E-state index >= 15 is 0 Å². The molecule has 0 aliphatic carbocycles. The van der Waals surface area contributed by atoms with Gasteiger partial charge in [-0.15, -0.1) is 0 Å². The van der Waals surface area contributed by atoms with E-state index in [0.29, 0.717) is 42.6 Å². The van der Waals surface area contributed by atoms with Crippen molar-refractivity contribution in [1.82, 2.24) is 10.9 Å². The molecule has 0 radical (unpaired) electrons. The summed E-state index contributed by atoms with van der Waals surface area (Å²) < 4.78 is 16.2. The maximum Gasteiger partial charge on any atom is 0.269 e. The minimum Gasteiger partial charge on any atom is -0.493 e. The van der Waals surface area contributed by atoms with Crippen LogP contribution in [-0.2, 0) is 9.53 Å². The van der Waals surface area contributed by atoms with Crippen LogP contribution in [0, 0.1) is 5.92 Å². The van der Waals surface area contributed by atoms with Gasteiger partial charge in [-0.3, -0.25) is 20.4 Å². The topological polar surface area (TPSA) is 85.9 Å². The van der Waals surface area contributed by atoms with Gasteiger partial charge < -0.3 is 14.2 Å². The quantitative estimate of drug-likeness (QED) is 0.735. The fraction of sp³-hybridized carbons (Fsp3) is 0.556. The van der Waals surface area contributed by atoms with E-state index in [2.05, 4.69) is 24.7 Å². The number of benzene rings is 1. The van der Waals surface area contributed by atoms with Gasteiger partial charge in [0.25, 0.3) is 11.8 Å². The Bertz CT molecular complexity index is 597. The van der Waals surface area contributed by atoms with Crippen LogP contribution in [0.15, 0.2) is 18.2 Å². The molecule has 1 aliphatic rings. The lowest BCUT2D eigenvalue weighted by Gasteiger charge is -2.14. The average molecular weight is 350 g/mol. The summed E-state index contributed by atoms with van der Waals surface area (Å²) >= 11 is 0. The molecule has 1 aromatic rings. The van der Waals surface area contributed by atoms with Crippen LogP contribution in [0.1, 0.15) is 43.5 Å². The number of hydrazine groups is 1. The predicted molar refractivity (Wildman–Crippen MR) is 92.5 cm³/mol. The summed E-state index contributed by atoms with van der Waals surface area (Å²) in [5.74, 6) is 0.832. The first-order valence-electron chi connectivity index (χ1n) is 8.54. The highest BCUT2D eigenvalue weighted by Gasteiger charge is 2.24. The number of rotatable bonds is 7. The van der Waals surface area contributed by atoms with Gasteiger partial charge in [-0.25, -0.2) is 0 Å². The molecule has 2 N–H and O–H groups in total. The van der Waals surface area contributed by atoms with Crippen molar-refractivity contribution < 1.29 is 23.8 Å². The van der Waals surface area contributed by atoms with Crippen molar-refractivity contribution >= 4 is 11.8 Å². The molecule has 2 rings (SSSR count). The molecule has 7 heteroatoms. The number of ether oxygens (including phenoxy) is 3. The normalized spacial score (nSPS) is 16.6. The SMILES string of the molecule is COc1cc(C(=O)NNC(=O)C2CCCO2)ccc1OCCC(C)C. The van der Waals surface area contributed by atoms with Gasteiger partial charge in [0.15, 0.2) is 11.5 Å². The summed E-state index contributed by atoms with van der Waals surface area (Å²) in [5.41, 5.74) is 5.14. The van der Waals surface area contributed by atoms with E-state index in [1.807, 2.05) is 0 Å². The van der Waals surface area contributed by atoms with Gasteiger partial charge in [0.1, 0.15) is 6.10 Å². The highest BCUT2D eigenvalue weighted by Crippen LogP contribution is 2.28. The second-order valence-electron chi connectivity index (χ2n) is 6.34. The second-order valence-corrected chi connectivity index (χ2v) is 6.34. The van der Waals surface area contributed by atoms with Crippen molar-refractivity contribution in [3.63, 3.8) is 0 Å². The molecule has 1 fully saturated rings. The van der Waals surface area contributed by atoms with Crippen LogP contribution in [0.3, 0.4) is 0 Å². The molecule has 2 amide bonds. The van der Waals surface area contributed by atoms with Gasteiger partial charge in [-0.05, 0) is 43.4 Å². The Morgan fingerprint density at radius 1 is 1.28 bits per heavy atom.